The predicted molar refractivity (Wildman–Crippen MR) is 140 cm³/mol. The number of nitrogens with one attached hydrogen (secondary N) is 1. The number of pyridine rings is 1. The smallest absolute Gasteiger partial charge is 0.222 e. The highest BCUT2D eigenvalue weighted by Gasteiger charge is 2.19. The summed E-state index contributed by atoms with van der Waals surface area (Å²) in [5, 5.41) is 7.63. The minimum atomic E-state index is -0.0877. The molecule has 10 nitrogen and oxygen atoms in total. The van der Waals surface area contributed by atoms with Gasteiger partial charge in [-0.25, -0.2) is 19.6 Å². The molecular formula is C27H29N7O3. The molecular weight excluding hydrogens is 470 g/mol. The van der Waals surface area contributed by atoms with Crippen molar-refractivity contribution in [1.82, 2.24) is 24.7 Å². The molecule has 5 heterocycles. The van der Waals surface area contributed by atoms with E-state index in [-0.39, 0.29) is 6.10 Å². The van der Waals surface area contributed by atoms with Crippen molar-refractivity contribution >= 4 is 17.3 Å². The van der Waals surface area contributed by atoms with Crippen molar-refractivity contribution in [1.29, 1.82) is 0 Å². The first-order valence-corrected chi connectivity index (χ1v) is 12.5. The second-order valence-corrected chi connectivity index (χ2v) is 9.16. The summed E-state index contributed by atoms with van der Waals surface area (Å²) in [6, 6.07) is 12.3. The van der Waals surface area contributed by atoms with Crippen molar-refractivity contribution in [3.05, 3.63) is 55.0 Å². The van der Waals surface area contributed by atoms with Crippen molar-refractivity contribution in [2.24, 2.45) is 7.05 Å². The number of anilines is 3. The average molecular weight is 500 g/mol. The van der Waals surface area contributed by atoms with Crippen molar-refractivity contribution < 1.29 is 14.2 Å². The van der Waals surface area contributed by atoms with Gasteiger partial charge in [-0.15, -0.1) is 0 Å². The van der Waals surface area contributed by atoms with Gasteiger partial charge in [-0.2, -0.15) is 5.10 Å². The zero-order valence-electron chi connectivity index (χ0n) is 20.9. The van der Waals surface area contributed by atoms with Gasteiger partial charge >= 0.3 is 0 Å². The van der Waals surface area contributed by atoms with Gasteiger partial charge in [-0.3, -0.25) is 0 Å². The summed E-state index contributed by atoms with van der Waals surface area (Å²) in [7, 11) is 1.84. The molecule has 37 heavy (non-hydrogen) atoms. The van der Waals surface area contributed by atoms with Gasteiger partial charge in [0, 0.05) is 56.3 Å². The molecule has 0 spiro atoms. The predicted octanol–water partition coefficient (Wildman–Crippen LogP) is 4.07. The molecule has 1 N–H and O–H groups in total. The molecule has 0 radical (unpaired) electrons. The number of rotatable bonds is 2. The summed E-state index contributed by atoms with van der Waals surface area (Å²) in [6.45, 7) is 5.84. The van der Waals surface area contributed by atoms with Crippen LogP contribution in [0.3, 0.4) is 0 Å². The lowest BCUT2D eigenvalue weighted by atomic mass is 10.1. The summed E-state index contributed by atoms with van der Waals surface area (Å²) in [5.74, 6) is 3.16. The van der Waals surface area contributed by atoms with E-state index in [1.165, 1.54) is 5.69 Å². The second kappa shape index (κ2) is 10.1. The Morgan fingerprint density at radius 2 is 1.78 bits per heavy atom. The van der Waals surface area contributed by atoms with Gasteiger partial charge in [0.2, 0.25) is 5.88 Å². The molecule has 190 valence electrons. The van der Waals surface area contributed by atoms with E-state index in [0.29, 0.717) is 36.4 Å². The van der Waals surface area contributed by atoms with Gasteiger partial charge in [0.05, 0.1) is 32.1 Å². The van der Waals surface area contributed by atoms with E-state index in [9.17, 15) is 0 Å². The van der Waals surface area contributed by atoms with Crippen LogP contribution in [0.1, 0.15) is 13.3 Å². The van der Waals surface area contributed by atoms with Crippen molar-refractivity contribution in [3.8, 4) is 34.1 Å². The molecule has 1 atom stereocenters. The lowest BCUT2D eigenvalue weighted by Gasteiger charge is -2.29. The Labute approximate surface area is 215 Å². The Kier molecular flexibility index (Phi) is 6.32. The van der Waals surface area contributed by atoms with Crippen LogP contribution in [0.5, 0.6) is 11.6 Å². The van der Waals surface area contributed by atoms with Crippen LogP contribution in [0.2, 0.25) is 0 Å². The minimum absolute atomic E-state index is 0.0877. The fourth-order valence-corrected chi connectivity index (χ4v) is 4.53. The largest absolute Gasteiger partial charge is 0.490 e. The van der Waals surface area contributed by atoms with E-state index in [1.54, 1.807) is 23.1 Å². The third-order valence-electron chi connectivity index (χ3n) is 6.55. The molecule has 3 aromatic heterocycles. The fraction of sp³-hybridized carbons (Fsp3) is 0.333. The van der Waals surface area contributed by atoms with Crippen LogP contribution in [0.25, 0.3) is 22.5 Å². The summed E-state index contributed by atoms with van der Waals surface area (Å²) >= 11 is 0. The topological polar surface area (TPSA) is 99.5 Å². The van der Waals surface area contributed by atoms with Crippen molar-refractivity contribution in [2.45, 2.75) is 19.4 Å². The molecule has 1 saturated heterocycles. The highest BCUT2D eigenvalue weighted by molar-refractivity contribution is 5.74. The number of aromatic nitrogens is 5. The third kappa shape index (κ3) is 4.92. The Balaban J connectivity index is 1.33. The van der Waals surface area contributed by atoms with Crippen LogP contribution < -0.4 is 19.7 Å². The standard InChI is InChI=1S/C27H29N7O3/c1-18-8-12-36-27-22(17-30-33(27)2)26-28-9-7-24(32-26)31-25-15-23(37-18)21(16-29-25)19-3-5-20(6-4-19)34-10-13-35-14-11-34/h3-7,9,15-18H,8,10-14H2,1-2H3,(H,28,29,31,32)/t18-/m0/s1. The van der Waals surface area contributed by atoms with E-state index in [4.69, 9.17) is 14.2 Å². The molecule has 10 heteroatoms. The van der Waals surface area contributed by atoms with Crippen molar-refractivity contribution in [2.75, 3.05) is 43.1 Å². The van der Waals surface area contributed by atoms with Crippen LogP contribution in [-0.4, -0.2) is 63.7 Å². The van der Waals surface area contributed by atoms with E-state index in [1.807, 2.05) is 26.2 Å². The Morgan fingerprint density at radius 3 is 2.62 bits per heavy atom. The van der Waals surface area contributed by atoms with Crippen LogP contribution in [0.4, 0.5) is 17.3 Å². The lowest BCUT2D eigenvalue weighted by Crippen LogP contribution is -2.36. The number of morpholine rings is 1. The highest BCUT2D eigenvalue weighted by Crippen LogP contribution is 2.35. The Morgan fingerprint density at radius 1 is 0.946 bits per heavy atom. The molecule has 1 aromatic carbocycles. The molecule has 0 saturated carbocycles. The van der Waals surface area contributed by atoms with Crippen LogP contribution in [0, 0.1) is 0 Å². The number of nitrogens with zero attached hydrogens (tertiary/aromatic N) is 6. The minimum Gasteiger partial charge on any atom is -0.490 e. The fourth-order valence-electron chi connectivity index (χ4n) is 4.53. The Hall–Kier alpha value is -4.18. The van der Waals surface area contributed by atoms with Crippen LogP contribution in [-0.2, 0) is 11.8 Å². The summed E-state index contributed by atoms with van der Waals surface area (Å²) < 4.78 is 19.7. The van der Waals surface area contributed by atoms with Crippen LogP contribution in [0.15, 0.2) is 55.0 Å². The van der Waals surface area contributed by atoms with Gasteiger partial charge in [0.25, 0.3) is 0 Å². The number of benzene rings is 1. The molecule has 1 fully saturated rings. The molecule has 2 aliphatic heterocycles. The quantitative estimate of drug-likeness (QED) is 0.437. The van der Waals surface area contributed by atoms with Gasteiger partial charge in [0.15, 0.2) is 5.82 Å². The average Bonchev–Trinajstić information content (AvgIpc) is 3.29. The van der Waals surface area contributed by atoms with Gasteiger partial charge in [0.1, 0.15) is 22.9 Å². The lowest BCUT2D eigenvalue weighted by molar-refractivity contribution is 0.122. The molecule has 4 bridgehead atoms. The van der Waals surface area contributed by atoms with E-state index < -0.39 is 0 Å². The number of hydrogen-bond acceptors (Lipinski definition) is 9. The first-order chi connectivity index (χ1) is 18.1. The Bertz CT molecular complexity index is 1380. The maximum Gasteiger partial charge on any atom is 0.222 e. The normalized spacial score (nSPS) is 17.6. The molecule has 0 amide bonds. The van der Waals surface area contributed by atoms with E-state index in [2.05, 4.69) is 54.5 Å². The monoisotopic (exact) mass is 499 g/mol. The zero-order valence-corrected chi connectivity index (χ0v) is 20.9. The number of hydrogen-bond donors (Lipinski definition) is 1. The maximum atomic E-state index is 6.44. The summed E-state index contributed by atoms with van der Waals surface area (Å²) in [4.78, 5) is 16.1. The first kappa shape index (κ1) is 23.2. The number of aryl methyl sites for hydroxylation is 1. The molecule has 4 aromatic rings. The first-order valence-electron chi connectivity index (χ1n) is 12.5. The third-order valence-corrected chi connectivity index (χ3v) is 6.55. The second-order valence-electron chi connectivity index (χ2n) is 9.16. The summed E-state index contributed by atoms with van der Waals surface area (Å²) in [5.41, 5.74) is 3.90. The molecule has 6 rings (SSSR count). The summed E-state index contributed by atoms with van der Waals surface area (Å²) in [6.07, 6.45) is 5.87. The molecule has 2 aliphatic rings. The van der Waals surface area contributed by atoms with E-state index >= 15 is 0 Å². The van der Waals surface area contributed by atoms with Gasteiger partial charge < -0.3 is 24.4 Å². The zero-order chi connectivity index (χ0) is 25.2. The van der Waals surface area contributed by atoms with Crippen LogP contribution >= 0.6 is 0 Å². The number of ether oxygens (including phenoxy) is 3. The van der Waals surface area contributed by atoms with Gasteiger partial charge in [-0.05, 0) is 30.7 Å². The number of fused-ring (bicyclic) bond motifs is 6. The maximum absolute atomic E-state index is 6.44. The van der Waals surface area contributed by atoms with Crippen molar-refractivity contribution in [3.63, 3.8) is 0 Å². The molecule has 0 unspecified atom stereocenters. The van der Waals surface area contributed by atoms with E-state index in [0.717, 1.165) is 48.7 Å². The van der Waals surface area contributed by atoms with Gasteiger partial charge in [-0.1, -0.05) is 12.1 Å². The SMILES string of the molecule is C[C@H]1CCOc2c(cnn2C)-c2nccc(n2)Nc2cc(c(-c3ccc(N4CCOCC4)cc3)cn2)O1. The molecule has 0 aliphatic carbocycles. The highest BCUT2D eigenvalue weighted by atomic mass is 16.5.